The molecule has 0 amide bonds. The third-order valence-electron chi connectivity index (χ3n) is 2.55. The molecular formula is C12H19N3O5. The Hall–Kier alpha value is -2.22. The molecule has 0 saturated carbocycles. The predicted molar refractivity (Wildman–Crippen MR) is 74.6 cm³/mol. The molecule has 0 aliphatic rings. The Balaban J connectivity index is 0.000000441. The standard InChI is InChI=1S/C6H4N2O5.C6H15N/c9-6-2-1-4(7(10)11)3-5(6)8(12)13;1-3-5-6(7)4-2/h1-3,9H;6H,3-5,7H2,1-2H3. The first-order chi connectivity index (χ1) is 9.33. The summed E-state index contributed by atoms with van der Waals surface area (Å²) in [4.78, 5) is 18.7. The Morgan fingerprint density at radius 1 is 1.25 bits per heavy atom. The SMILES string of the molecule is CCCC(N)CC.O=[N+]([O-])c1ccc(O)c([N+](=O)[O-])c1. The number of non-ortho nitro benzene ring substituents is 1. The maximum absolute atomic E-state index is 10.2. The Morgan fingerprint density at radius 2 is 1.85 bits per heavy atom. The van der Waals surface area contributed by atoms with Crippen LogP contribution in [0.5, 0.6) is 5.75 Å². The van der Waals surface area contributed by atoms with Gasteiger partial charge in [0.2, 0.25) is 0 Å². The Morgan fingerprint density at radius 3 is 2.20 bits per heavy atom. The Kier molecular flexibility index (Phi) is 7.83. The van der Waals surface area contributed by atoms with Crippen LogP contribution in [-0.2, 0) is 0 Å². The van der Waals surface area contributed by atoms with Gasteiger partial charge in [0.25, 0.3) is 5.69 Å². The fourth-order valence-corrected chi connectivity index (χ4v) is 1.35. The molecule has 112 valence electrons. The minimum absolute atomic E-state index is 0.426. The van der Waals surface area contributed by atoms with Gasteiger partial charge in [-0.15, -0.1) is 0 Å². The third-order valence-corrected chi connectivity index (χ3v) is 2.55. The first-order valence-corrected chi connectivity index (χ1v) is 6.20. The summed E-state index contributed by atoms with van der Waals surface area (Å²) in [5.74, 6) is -0.587. The molecule has 0 aromatic heterocycles. The van der Waals surface area contributed by atoms with E-state index >= 15 is 0 Å². The molecule has 1 aromatic rings. The van der Waals surface area contributed by atoms with Crippen LogP contribution in [0.2, 0.25) is 0 Å². The van der Waals surface area contributed by atoms with Gasteiger partial charge in [-0.05, 0) is 18.9 Å². The van der Waals surface area contributed by atoms with Gasteiger partial charge in [0, 0.05) is 12.1 Å². The van der Waals surface area contributed by atoms with E-state index in [4.69, 9.17) is 10.8 Å². The van der Waals surface area contributed by atoms with Crippen molar-refractivity contribution < 1.29 is 15.0 Å². The molecule has 0 saturated heterocycles. The van der Waals surface area contributed by atoms with Crippen LogP contribution in [0.15, 0.2) is 18.2 Å². The number of nitrogens with zero attached hydrogens (tertiary/aromatic N) is 2. The minimum atomic E-state index is -0.887. The lowest BCUT2D eigenvalue weighted by Crippen LogP contribution is -2.17. The van der Waals surface area contributed by atoms with E-state index in [1.165, 1.54) is 12.8 Å². The summed E-state index contributed by atoms with van der Waals surface area (Å²) in [6, 6.07) is 3.05. The molecular weight excluding hydrogens is 266 g/mol. The van der Waals surface area contributed by atoms with Crippen LogP contribution in [0.25, 0.3) is 0 Å². The second-order valence-corrected chi connectivity index (χ2v) is 4.14. The number of phenols is 1. The van der Waals surface area contributed by atoms with Gasteiger partial charge < -0.3 is 10.8 Å². The quantitative estimate of drug-likeness (QED) is 0.631. The van der Waals surface area contributed by atoms with Crippen molar-refractivity contribution in [3.8, 4) is 5.75 Å². The maximum Gasteiger partial charge on any atom is 0.317 e. The summed E-state index contributed by atoms with van der Waals surface area (Å²) in [5.41, 5.74) is 4.49. The van der Waals surface area contributed by atoms with Crippen molar-refractivity contribution >= 4 is 11.4 Å². The highest BCUT2D eigenvalue weighted by atomic mass is 16.6. The molecule has 20 heavy (non-hydrogen) atoms. The number of nitro groups is 2. The Bertz CT molecular complexity index is 464. The first-order valence-electron chi connectivity index (χ1n) is 6.20. The molecule has 1 unspecified atom stereocenters. The van der Waals surface area contributed by atoms with Crippen molar-refractivity contribution in [2.75, 3.05) is 0 Å². The predicted octanol–water partition coefficient (Wildman–Crippen LogP) is 2.73. The largest absolute Gasteiger partial charge is 0.502 e. The molecule has 0 spiro atoms. The smallest absolute Gasteiger partial charge is 0.317 e. The number of nitrogens with two attached hydrogens (primary N) is 1. The van der Waals surface area contributed by atoms with Crippen LogP contribution in [0.3, 0.4) is 0 Å². The van der Waals surface area contributed by atoms with E-state index in [9.17, 15) is 20.2 Å². The zero-order chi connectivity index (χ0) is 15.7. The molecule has 0 fully saturated rings. The van der Waals surface area contributed by atoms with E-state index in [0.29, 0.717) is 12.1 Å². The van der Waals surface area contributed by atoms with Crippen molar-refractivity contribution in [3.05, 3.63) is 38.4 Å². The number of benzene rings is 1. The van der Waals surface area contributed by atoms with Gasteiger partial charge in [0.15, 0.2) is 5.75 Å². The minimum Gasteiger partial charge on any atom is -0.502 e. The molecule has 0 aliphatic carbocycles. The number of rotatable bonds is 5. The summed E-state index contributed by atoms with van der Waals surface area (Å²) in [7, 11) is 0. The van der Waals surface area contributed by atoms with Gasteiger partial charge in [0.1, 0.15) is 0 Å². The fourth-order valence-electron chi connectivity index (χ4n) is 1.35. The van der Waals surface area contributed by atoms with E-state index in [-0.39, 0.29) is 0 Å². The molecule has 1 aromatic carbocycles. The van der Waals surface area contributed by atoms with E-state index in [1.54, 1.807) is 0 Å². The van der Waals surface area contributed by atoms with E-state index in [0.717, 1.165) is 18.6 Å². The van der Waals surface area contributed by atoms with Crippen molar-refractivity contribution in [2.24, 2.45) is 5.73 Å². The lowest BCUT2D eigenvalue weighted by atomic mass is 10.1. The Labute approximate surface area is 116 Å². The molecule has 0 radical (unpaired) electrons. The monoisotopic (exact) mass is 285 g/mol. The van der Waals surface area contributed by atoms with Crippen LogP contribution in [0.4, 0.5) is 11.4 Å². The van der Waals surface area contributed by atoms with Crippen molar-refractivity contribution in [1.82, 2.24) is 0 Å². The average Bonchev–Trinajstić information content (AvgIpc) is 2.39. The second-order valence-electron chi connectivity index (χ2n) is 4.14. The summed E-state index contributed by atoms with van der Waals surface area (Å²) in [6.45, 7) is 4.29. The molecule has 3 N–H and O–H groups in total. The van der Waals surface area contributed by atoms with E-state index < -0.39 is 27.0 Å². The summed E-state index contributed by atoms with van der Waals surface area (Å²) < 4.78 is 0. The molecule has 8 nitrogen and oxygen atoms in total. The molecule has 0 heterocycles. The number of hydrogen-bond acceptors (Lipinski definition) is 6. The van der Waals surface area contributed by atoms with Gasteiger partial charge in [-0.3, -0.25) is 20.2 Å². The van der Waals surface area contributed by atoms with Crippen LogP contribution in [-0.4, -0.2) is 21.0 Å². The van der Waals surface area contributed by atoms with Crippen LogP contribution < -0.4 is 5.73 Å². The zero-order valence-electron chi connectivity index (χ0n) is 11.5. The lowest BCUT2D eigenvalue weighted by Gasteiger charge is -2.03. The van der Waals surface area contributed by atoms with Crippen molar-refractivity contribution in [1.29, 1.82) is 0 Å². The average molecular weight is 285 g/mol. The van der Waals surface area contributed by atoms with Gasteiger partial charge >= 0.3 is 5.69 Å². The van der Waals surface area contributed by atoms with Gasteiger partial charge in [-0.2, -0.15) is 0 Å². The highest BCUT2D eigenvalue weighted by Crippen LogP contribution is 2.29. The molecule has 0 aliphatic heterocycles. The maximum atomic E-state index is 10.2. The summed E-state index contributed by atoms with van der Waals surface area (Å²) in [5, 5.41) is 29.3. The van der Waals surface area contributed by atoms with E-state index in [2.05, 4.69) is 13.8 Å². The molecule has 0 bridgehead atoms. The third kappa shape index (κ3) is 6.10. The topological polar surface area (TPSA) is 133 Å². The highest BCUT2D eigenvalue weighted by Gasteiger charge is 2.18. The van der Waals surface area contributed by atoms with Crippen LogP contribution in [0, 0.1) is 20.2 Å². The summed E-state index contributed by atoms with van der Waals surface area (Å²) >= 11 is 0. The lowest BCUT2D eigenvalue weighted by molar-refractivity contribution is -0.394. The highest BCUT2D eigenvalue weighted by molar-refractivity contribution is 5.52. The fraction of sp³-hybridized carbons (Fsp3) is 0.500. The number of hydrogen-bond donors (Lipinski definition) is 2. The molecule has 8 heteroatoms. The van der Waals surface area contributed by atoms with E-state index in [1.807, 2.05) is 0 Å². The van der Waals surface area contributed by atoms with Gasteiger partial charge in [-0.25, -0.2) is 0 Å². The molecule has 1 rings (SSSR count). The van der Waals surface area contributed by atoms with Gasteiger partial charge in [-0.1, -0.05) is 20.3 Å². The van der Waals surface area contributed by atoms with Crippen LogP contribution >= 0.6 is 0 Å². The number of phenolic OH excluding ortho intramolecular Hbond substituents is 1. The van der Waals surface area contributed by atoms with Gasteiger partial charge in [0.05, 0.1) is 15.9 Å². The van der Waals surface area contributed by atoms with Crippen molar-refractivity contribution in [2.45, 2.75) is 39.2 Å². The zero-order valence-corrected chi connectivity index (χ0v) is 11.5. The van der Waals surface area contributed by atoms with Crippen LogP contribution in [0.1, 0.15) is 33.1 Å². The summed E-state index contributed by atoms with van der Waals surface area (Å²) in [6.07, 6.45) is 3.51. The second kappa shape index (κ2) is 8.81. The number of aromatic hydroxyl groups is 1. The first kappa shape index (κ1) is 17.8. The van der Waals surface area contributed by atoms with Crippen molar-refractivity contribution in [3.63, 3.8) is 0 Å². The molecule has 1 atom stereocenters. The number of nitro benzene ring substituents is 2. The normalized spacial score (nSPS) is 11.2.